The van der Waals surface area contributed by atoms with Gasteiger partial charge in [-0.05, 0) is 12.1 Å². The van der Waals surface area contributed by atoms with E-state index in [1.54, 1.807) is 30.3 Å². The zero-order valence-corrected chi connectivity index (χ0v) is 13.5. The zero-order valence-electron chi connectivity index (χ0n) is 13.5. The second-order valence-electron chi connectivity index (χ2n) is 5.64. The van der Waals surface area contributed by atoms with E-state index in [0.29, 0.717) is 50.4 Å². The summed E-state index contributed by atoms with van der Waals surface area (Å²) in [5.41, 5.74) is 1.28. The van der Waals surface area contributed by atoms with Gasteiger partial charge < -0.3 is 24.0 Å². The third kappa shape index (κ3) is 3.00. The average Bonchev–Trinajstić information content (AvgIpc) is 2.99. The molecule has 128 valence electrons. The number of hydrogen-bond donors (Lipinski definition) is 1. The molecule has 2 heterocycles. The molecule has 2 aromatic rings. The van der Waals surface area contributed by atoms with Gasteiger partial charge >= 0.3 is 5.97 Å². The SMILES string of the molecule is COCCn1cc(C(=O)O)c2c(C(=O)N3CCOCC3)cccc21. The van der Waals surface area contributed by atoms with E-state index in [1.165, 1.54) is 0 Å². The van der Waals surface area contributed by atoms with Crippen LogP contribution >= 0.6 is 0 Å². The number of carbonyl (C=O) groups is 2. The summed E-state index contributed by atoms with van der Waals surface area (Å²) in [6.45, 7) is 3.02. The monoisotopic (exact) mass is 332 g/mol. The minimum Gasteiger partial charge on any atom is -0.478 e. The van der Waals surface area contributed by atoms with E-state index in [2.05, 4.69) is 0 Å². The highest BCUT2D eigenvalue weighted by Crippen LogP contribution is 2.27. The highest BCUT2D eigenvalue weighted by molar-refractivity contribution is 6.14. The first-order valence-corrected chi connectivity index (χ1v) is 7.84. The number of hydrogen-bond acceptors (Lipinski definition) is 4. The normalized spacial score (nSPS) is 15.0. The van der Waals surface area contributed by atoms with Crippen molar-refractivity contribution >= 4 is 22.8 Å². The van der Waals surface area contributed by atoms with Gasteiger partial charge in [0.1, 0.15) is 0 Å². The van der Waals surface area contributed by atoms with Crippen LogP contribution in [0.2, 0.25) is 0 Å². The Morgan fingerprint density at radius 3 is 2.67 bits per heavy atom. The summed E-state index contributed by atoms with van der Waals surface area (Å²) in [5.74, 6) is -1.20. The number of nitrogens with zero attached hydrogens (tertiary/aromatic N) is 2. The van der Waals surface area contributed by atoms with Gasteiger partial charge in [0, 0.05) is 49.4 Å². The number of fused-ring (bicyclic) bond motifs is 1. The Balaban J connectivity index is 2.09. The first-order valence-electron chi connectivity index (χ1n) is 7.84. The molecular weight excluding hydrogens is 312 g/mol. The van der Waals surface area contributed by atoms with Gasteiger partial charge in [0.15, 0.2) is 0 Å². The number of aromatic nitrogens is 1. The van der Waals surface area contributed by atoms with Crippen molar-refractivity contribution in [3.05, 3.63) is 35.5 Å². The zero-order chi connectivity index (χ0) is 17.1. The van der Waals surface area contributed by atoms with Crippen LogP contribution in [0.3, 0.4) is 0 Å². The molecule has 1 aliphatic rings. The fourth-order valence-electron chi connectivity index (χ4n) is 3.00. The van der Waals surface area contributed by atoms with E-state index in [0.717, 1.165) is 5.52 Å². The fourth-order valence-corrected chi connectivity index (χ4v) is 3.00. The van der Waals surface area contributed by atoms with E-state index in [4.69, 9.17) is 9.47 Å². The van der Waals surface area contributed by atoms with Gasteiger partial charge in [-0.1, -0.05) is 6.07 Å². The van der Waals surface area contributed by atoms with Crippen LogP contribution < -0.4 is 0 Å². The molecule has 1 aliphatic heterocycles. The van der Waals surface area contributed by atoms with E-state index in [1.807, 2.05) is 10.6 Å². The average molecular weight is 332 g/mol. The first-order chi connectivity index (χ1) is 11.6. The molecular formula is C17H20N2O5. The largest absolute Gasteiger partial charge is 0.478 e. The van der Waals surface area contributed by atoms with Gasteiger partial charge in [-0.2, -0.15) is 0 Å². The summed E-state index contributed by atoms with van der Waals surface area (Å²) in [6, 6.07) is 5.30. The molecule has 3 rings (SSSR count). The lowest BCUT2D eigenvalue weighted by molar-refractivity contribution is 0.0304. The lowest BCUT2D eigenvalue weighted by atomic mass is 10.0. The number of morpholine rings is 1. The Labute approximate surface area is 139 Å². The number of ether oxygens (including phenoxy) is 2. The Bertz CT molecular complexity index is 762. The fraction of sp³-hybridized carbons (Fsp3) is 0.412. The molecule has 0 aliphatic carbocycles. The lowest BCUT2D eigenvalue weighted by Gasteiger charge is -2.27. The van der Waals surface area contributed by atoms with Crippen LogP contribution in [-0.4, -0.2) is 66.5 Å². The summed E-state index contributed by atoms with van der Waals surface area (Å²) < 4.78 is 12.2. The minimum atomic E-state index is -1.04. The molecule has 1 amide bonds. The third-order valence-corrected chi connectivity index (χ3v) is 4.20. The Kier molecular flexibility index (Phi) is 4.82. The van der Waals surface area contributed by atoms with Gasteiger partial charge in [-0.3, -0.25) is 4.79 Å². The van der Waals surface area contributed by atoms with Gasteiger partial charge in [-0.15, -0.1) is 0 Å². The van der Waals surface area contributed by atoms with Crippen LogP contribution in [-0.2, 0) is 16.0 Å². The number of amides is 1. The van der Waals surface area contributed by atoms with Gasteiger partial charge in [0.2, 0.25) is 0 Å². The number of rotatable bonds is 5. The molecule has 7 heteroatoms. The Hall–Kier alpha value is -2.38. The Morgan fingerprint density at radius 2 is 2.00 bits per heavy atom. The molecule has 0 radical (unpaired) electrons. The molecule has 0 atom stereocenters. The van der Waals surface area contributed by atoms with Crippen LogP contribution in [0.5, 0.6) is 0 Å². The maximum absolute atomic E-state index is 12.9. The lowest BCUT2D eigenvalue weighted by Crippen LogP contribution is -2.40. The van der Waals surface area contributed by atoms with Crippen molar-refractivity contribution in [2.24, 2.45) is 0 Å². The first kappa shape index (κ1) is 16.5. The summed E-state index contributed by atoms with van der Waals surface area (Å²) in [5, 5.41) is 10.0. The van der Waals surface area contributed by atoms with Crippen molar-refractivity contribution in [3.8, 4) is 0 Å². The number of methoxy groups -OCH3 is 1. The number of aromatic carboxylic acids is 1. The third-order valence-electron chi connectivity index (χ3n) is 4.20. The van der Waals surface area contributed by atoms with Gasteiger partial charge in [-0.25, -0.2) is 4.79 Å². The standard InChI is InChI=1S/C17H20N2O5/c1-23-8-5-19-11-13(17(21)22)15-12(3-2-4-14(15)19)16(20)18-6-9-24-10-7-18/h2-4,11H,5-10H2,1H3,(H,21,22). The molecule has 0 saturated carbocycles. The molecule has 1 fully saturated rings. The van der Waals surface area contributed by atoms with Crippen LogP contribution in [0.25, 0.3) is 10.9 Å². The van der Waals surface area contributed by atoms with E-state index in [-0.39, 0.29) is 11.5 Å². The van der Waals surface area contributed by atoms with Crippen LogP contribution in [0, 0.1) is 0 Å². The van der Waals surface area contributed by atoms with Crippen molar-refractivity contribution in [2.45, 2.75) is 6.54 Å². The van der Waals surface area contributed by atoms with Crippen molar-refractivity contribution in [2.75, 3.05) is 40.0 Å². The molecule has 0 unspecified atom stereocenters. The highest BCUT2D eigenvalue weighted by Gasteiger charge is 2.24. The smallest absolute Gasteiger partial charge is 0.337 e. The van der Waals surface area contributed by atoms with E-state index in [9.17, 15) is 14.7 Å². The van der Waals surface area contributed by atoms with E-state index >= 15 is 0 Å². The van der Waals surface area contributed by atoms with Crippen molar-refractivity contribution in [1.82, 2.24) is 9.47 Å². The maximum atomic E-state index is 12.9. The predicted octanol–water partition coefficient (Wildman–Crippen LogP) is 1.46. The molecule has 1 N–H and O–H groups in total. The molecule has 7 nitrogen and oxygen atoms in total. The quantitative estimate of drug-likeness (QED) is 0.896. The second kappa shape index (κ2) is 7.02. The molecule has 1 aromatic carbocycles. The number of carbonyl (C=O) groups excluding carboxylic acids is 1. The summed E-state index contributed by atoms with van der Waals surface area (Å²) in [7, 11) is 1.59. The van der Waals surface area contributed by atoms with Gasteiger partial charge in [0.25, 0.3) is 5.91 Å². The van der Waals surface area contributed by atoms with E-state index < -0.39 is 5.97 Å². The molecule has 1 aromatic heterocycles. The molecule has 24 heavy (non-hydrogen) atoms. The van der Waals surface area contributed by atoms with Crippen LogP contribution in [0.4, 0.5) is 0 Å². The Morgan fingerprint density at radius 1 is 1.25 bits per heavy atom. The molecule has 0 bridgehead atoms. The van der Waals surface area contributed by atoms with Crippen molar-refractivity contribution in [3.63, 3.8) is 0 Å². The molecule has 0 spiro atoms. The maximum Gasteiger partial charge on any atom is 0.337 e. The minimum absolute atomic E-state index is 0.137. The number of carboxylic acid groups (broad SMARTS) is 1. The van der Waals surface area contributed by atoms with Crippen molar-refractivity contribution < 1.29 is 24.2 Å². The second-order valence-corrected chi connectivity index (χ2v) is 5.64. The number of benzene rings is 1. The molecule has 1 saturated heterocycles. The summed E-state index contributed by atoms with van der Waals surface area (Å²) in [4.78, 5) is 26.2. The predicted molar refractivity (Wildman–Crippen MR) is 87.5 cm³/mol. The van der Waals surface area contributed by atoms with Gasteiger partial charge in [0.05, 0.1) is 25.4 Å². The van der Waals surface area contributed by atoms with Crippen LogP contribution in [0.1, 0.15) is 20.7 Å². The highest BCUT2D eigenvalue weighted by atomic mass is 16.5. The number of carboxylic acids is 1. The summed E-state index contributed by atoms with van der Waals surface area (Å²) in [6.07, 6.45) is 1.57. The van der Waals surface area contributed by atoms with Crippen molar-refractivity contribution in [1.29, 1.82) is 0 Å². The summed E-state index contributed by atoms with van der Waals surface area (Å²) >= 11 is 0. The topological polar surface area (TPSA) is 81.0 Å². The van der Waals surface area contributed by atoms with Crippen LogP contribution in [0.15, 0.2) is 24.4 Å².